The molecule has 0 saturated heterocycles. The van der Waals surface area contributed by atoms with Crippen LogP contribution in [-0.2, 0) is 0 Å². The maximum atomic E-state index is 12.6. The lowest BCUT2D eigenvalue weighted by Gasteiger charge is -2.17. The summed E-state index contributed by atoms with van der Waals surface area (Å²) in [5.41, 5.74) is 7.68. The zero-order valence-electron chi connectivity index (χ0n) is 12.1. The number of hydrogen-bond acceptors (Lipinski definition) is 4. The van der Waals surface area contributed by atoms with E-state index < -0.39 is 0 Å². The molecule has 4 nitrogen and oxygen atoms in total. The molecule has 2 aliphatic rings. The number of nitrogen functional groups attached to an aromatic ring is 1. The second-order valence-electron chi connectivity index (χ2n) is 6.32. The molecule has 0 aromatic carbocycles. The van der Waals surface area contributed by atoms with Crippen LogP contribution in [0.3, 0.4) is 0 Å². The monoisotopic (exact) mass is 301 g/mol. The number of rotatable bonds is 4. The van der Waals surface area contributed by atoms with Crippen LogP contribution in [0, 0.1) is 18.8 Å². The van der Waals surface area contributed by atoms with Crippen molar-refractivity contribution in [3.63, 3.8) is 0 Å². The number of carbonyl (C=O) groups excluding carboxylic acids is 1. The number of hydrogen-bond donors (Lipinski definition) is 2. The highest BCUT2D eigenvalue weighted by atomic mass is 32.1. The molecule has 110 valence electrons. The Morgan fingerprint density at radius 2 is 2.00 bits per heavy atom. The van der Waals surface area contributed by atoms with Gasteiger partial charge in [-0.3, -0.25) is 4.79 Å². The molecule has 4 rings (SSSR count). The van der Waals surface area contributed by atoms with Crippen LogP contribution in [0.4, 0.5) is 5.69 Å². The number of nitrogens with two attached hydrogens (primary N) is 1. The van der Waals surface area contributed by atoms with E-state index in [9.17, 15) is 4.79 Å². The Bertz CT molecular complexity index is 704. The van der Waals surface area contributed by atoms with Crippen LogP contribution in [0.1, 0.15) is 41.0 Å². The van der Waals surface area contributed by atoms with E-state index in [0.29, 0.717) is 28.4 Å². The first-order valence-electron chi connectivity index (χ1n) is 7.60. The third-order valence-corrected chi connectivity index (χ3v) is 5.61. The Morgan fingerprint density at radius 3 is 2.62 bits per heavy atom. The first-order valence-corrected chi connectivity index (χ1v) is 8.41. The van der Waals surface area contributed by atoms with Gasteiger partial charge in [0, 0.05) is 17.1 Å². The molecule has 0 bridgehead atoms. The van der Waals surface area contributed by atoms with Gasteiger partial charge in [0.2, 0.25) is 0 Å². The van der Waals surface area contributed by atoms with Gasteiger partial charge in [0.15, 0.2) is 0 Å². The smallest absolute Gasteiger partial charge is 0.263 e. The first kappa shape index (κ1) is 13.1. The Hall–Kier alpha value is -1.62. The van der Waals surface area contributed by atoms with Crippen molar-refractivity contribution in [2.75, 3.05) is 5.73 Å². The molecule has 2 aromatic heterocycles. The van der Waals surface area contributed by atoms with Gasteiger partial charge in [-0.25, -0.2) is 4.98 Å². The van der Waals surface area contributed by atoms with Crippen LogP contribution in [0.2, 0.25) is 0 Å². The molecule has 2 aromatic rings. The molecule has 5 heteroatoms. The molecule has 0 aliphatic heterocycles. The van der Waals surface area contributed by atoms with Gasteiger partial charge in [-0.15, -0.1) is 11.3 Å². The standard InChI is InChI=1S/C16H19N3OS/c1-8-2-7-11-12(17)14(21-16(11)18-8)15(20)19-13(9-3-4-9)10-5-6-10/h2,7,9-10,13H,3-6,17H2,1H3,(H,19,20). The molecule has 0 unspecified atom stereocenters. The highest BCUT2D eigenvalue weighted by Gasteiger charge is 2.42. The lowest BCUT2D eigenvalue weighted by atomic mass is 10.1. The summed E-state index contributed by atoms with van der Waals surface area (Å²) in [6.45, 7) is 1.95. The Labute approximate surface area is 127 Å². The van der Waals surface area contributed by atoms with Crippen LogP contribution in [-0.4, -0.2) is 16.9 Å². The van der Waals surface area contributed by atoms with Crippen LogP contribution in [0.15, 0.2) is 12.1 Å². The summed E-state index contributed by atoms with van der Waals surface area (Å²) in [6.07, 6.45) is 5.02. The molecule has 21 heavy (non-hydrogen) atoms. The van der Waals surface area contributed by atoms with E-state index in [-0.39, 0.29) is 5.91 Å². The summed E-state index contributed by atoms with van der Waals surface area (Å²) in [5, 5.41) is 4.13. The third kappa shape index (κ3) is 2.39. The second-order valence-corrected chi connectivity index (χ2v) is 7.32. The molecule has 1 amide bonds. The molecule has 2 heterocycles. The minimum atomic E-state index is -0.0167. The molecular weight excluding hydrogens is 282 g/mol. The molecule has 0 atom stereocenters. The van der Waals surface area contributed by atoms with Crippen LogP contribution >= 0.6 is 11.3 Å². The lowest BCUT2D eigenvalue weighted by molar-refractivity contribution is 0.0931. The molecule has 3 N–H and O–H groups in total. The number of aryl methyl sites for hydroxylation is 1. The van der Waals surface area contributed by atoms with Gasteiger partial charge in [0.05, 0.1) is 5.69 Å². The van der Waals surface area contributed by atoms with Gasteiger partial charge in [0.1, 0.15) is 9.71 Å². The van der Waals surface area contributed by atoms with E-state index in [1.165, 1.54) is 37.0 Å². The van der Waals surface area contributed by atoms with Crippen molar-refractivity contribution in [3.8, 4) is 0 Å². The minimum Gasteiger partial charge on any atom is -0.397 e. The number of thiophene rings is 1. The second kappa shape index (κ2) is 4.70. The van der Waals surface area contributed by atoms with Crippen LogP contribution < -0.4 is 11.1 Å². The highest BCUT2D eigenvalue weighted by molar-refractivity contribution is 7.21. The number of carbonyl (C=O) groups is 1. The zero-order valence-corrected chi connectivity index (χ0v) is 12.9. The SMILES string of the molecule is Cc1ccc2c(N)c(C(=O)NC(C3CC3)C3CC3)sc2n1. The highest BCUT2D eigenvalue weighted by Crippen LogP contribution is 2.45. The fraction of sp³-hybridized carbons (Fsp3) is 0.500. The number of nitrogens with zero attached hydrogens (tertiary/aromatic N) is 1. The molecule has 2 fully saturated rings. The average Bonchev–Trinajstić information content (AvgIpc) is 3.35. The predicted molar refractivity (Wildman–Crippen MR) is 85.5 cm³/mol. The van der Waals surface area contributed by atoms with E-state index in [1.54, 1.807) is 0 Å². The van der Waals surface area contributed by atoms with Gasteiger partial charge < -0.3 is 11.1 Å². The van der Waals surface area contributed by atoms with Crippen molar-refractivity contribution in [1.82, 2.24) is 10.3 Å². The number of pyridine rings is 1. The maximum Gasteiger partial charge on any atom is 0.263 e. The van der Waals surface area contributed by atoms with Crippen molar-refractivity contribution >= 4 is 33.1 Å². The van der Waals surface area contributed by atoms with Crippen molar-refractivity contribution < 1.29 is 4.79 Å². The number of aromatic nitrogens is 1. The largest absolute Gasteiger partial charge is 0.397 e. The summed E-state index contributed by atoms with van der Waals surface area (Å²) in [7, 11) is 0. The molecule has 0 spiro atoms. The minimum absolute atomic E-state index is 0.0167. The molecule has 2 saturated carbocycles. The van der Waals surface area contributed by atoms with E-state index in [2.05, 4.69) is 10.3 Å². The van der Waals surface area contributed by atoms with Gasteiger partial charge >= 0.3 is 0 Å². The van der Waals surface area contributed by atoms with E-state index in [4.69, 9.17) is 5.73 Å². The van der Waals surface area contributed by atoms with Gasteiger partial charge in [0.25, 0.3) is 5.91 Å². The molecule has 2 aliphatic carbocycles. The summed E-state index contributed by atoms with van der Waals surface area (Å²) in [5.74, 6) is 1.37. The normalized spacial score (nSPS) is 18.4. The number of nitrogens with one attached hydrogen (secondary N) is 1. The van der Waals surface area contributed by atoms with E-state index in [0.717, 1.165) is 15.9 Å². The van der Waals surface area contributed by atoms with Crippen LogP contribution in [0.25, 0.3) is 10.2 Å². The van der Waals surface area contributed by atoms with Crippen molar-refractivity contribution in [2.45, 2.75) is 38.6 Å². The van der Waals surface area contributed by atoms with E-state index in [1.807, 2.05) is 19.1 Å². The predicted octanol–water partition coefficient (Wildman–Crippen LogP) is 3.11. The number of fused-ring (bicyclic) bond motifs is 1. The first-order chi connectivity index (χ1) is 10.1. The Kier molecular flexibility index (Phi) is 2.92. The quantitative estimate of drug-likeness (QED) is 0.911. The maximum absolute atomic E-state index is 12.6. The fourth-order valence-electron chi connectivity index (χ4n) is 3.01. The van der Waals surface area contributed by atoms with Gasteiger partial charge in [-0.1, -0.05) is 0 Å². The van der Waals surface area contributed by atoms with E-state index >= 15 is 0 Å². The average molecular weight is 301 g/mol. The number of anilines is 1. The topological polar surface area (TPSA) is 68.0 Å². The van der Waals surface area contributed by atoms with Crippen LogP contribution in [0.5, 0.6) is 0 Å². The van der Waals surface area contributed by atoms with Crippen molar-refractivity contribution in [1.29, 1.82) is 0 Å². The van der Waals surface area contributed by atoms with Crippen molar-refractivity contribution in [2.24, 2.45) is 11.8 Å². The number of amides is 1. The third-order valence-electron chi connectivity index (χ3n) is 4.50. The Morgan fingerprint density at radius 1 is 1.33 bits per heavy atom. The van der Waals surface area contributed by atoms with Gasteiger partial charge in [-0.05, 0) is 56.6 Å². The zero-order chi connectivity index (χ0) is 14.6. The summed E-state index contributed by atoms with van der Waals surface area (Å²) < 4.78 is 0. The molecular formula is C16H19N3OS. The molecule has 0 radical (unpaired) electrons. The summed E-state index contributed by atoms with van der Waals surface area (Å²) in [6, 6.07) is 4.25. The summed E-state index contributed by atoms with van der Waals surface area (Å²) >= 11 is 1.40. The Balaban J connectivity index is 1.62. The lowest BCUT2D eigenvalue weighted by Crippen LogP contribution is -2.37. The van der Waals surface area contributed by atoms with Gasteiger partial charge in [-0.2, -0.15) is 0 Å². The van der Waals surface area contributed by atoms with Crippen molar-refractivity contribution in [3.05, 3.63) is 22.7 Å². The fourth-order valence-corrected chi connectivity index (χ4v) is 4.05. The summed E-state index contributed by atoms with van der Waals surface area (Å²) in [4.78, 5) is 18.5.